The largest absolute Gasteiger partial charge is 0.387 e. The summed E-state index contributed by atoms with van der Waals surface area (Å²) in [6.07, 6.45) is -0.807. The first-order valence-corrected chi connectivity index (χ1v) is 4.28. The molecule has 0 spiro atoms. The molecule has 4 heteroatoms. The van der Waals surface area contributed by atoms with Crippen molar-refractivity contribution in [3.63, 3.8) is 0 Å². The van der Waals surface area contributed by atoms with Crippen LogP contribution in [0.2, 0.25) is 5.02 Å². The van der Waals surface area contributed by atoms with Crippen LogP contribution in [-0.4, -0.2) is 11.1 Å². The highest BCUT2D eigenvalue weighted by Crippen LogP contribution is 2.21. The number of hydrogen-bond donors (Lipinski definition) is 2. The summed E-state index contributed by atoms with van der Waals surface area (Å²) in [7, 11) is 0. The number of aliphatic hydroxyl groups excluding tert-OH is 1. The lowest BCUT2D eigenvalue weighted by atomic mass is 10.0. The Morgan fingerprint density at radius 3 is 2.62 bits per heavy atom. The molecule has 13 heavy (non-hydrogen) atoms. The van der Waals surface area contributed by atoms with Gasteiger partial charge in [-0.05, 0) is 24.6 Å². The Balaban J connectivity index is 2.97. The van der Waals surface area contributed by atoms with Crippen LogP contribution >= 0.6 is 11.6 Å². The van der Waals surface area contributed by atoms with Gasteiger partial charge >= 0.3 is 0 Å². The third-order valence-corrected chi connectivity index (χ3v) is 2.07. The molecule has 72 valence electrons. The average molecular weight is 204 g/mol. The van der Waals surface area contributed by atoms with Gasteiger partial charge in [-0.3, -0.25) is 0 Å². The molecule has 1 rings (SSSR count). The Kier molecular flexibility index (Phi) is 3.25. The van der Waals surface area contributed by atoms with Crippen LogP contribution < -0.4 is 5.73 Å². The first-order valence-electron chi connectivity index (χ1n) is 3.91. The molecule has 0 saturated carbocycles. The van der Waals surface area contributed by atoms with Gasteiger partial charge in [0.15, 0.2) is 0 Å². The lowest BCUT2D eigenvalue weighted by Gasteiger charge is -2.14. The Morgan fingerprint density at radius 2 is 2.15 bits per heavy atom. The van der Waals surface area contributed by atoms with Gasteiger partial charge in [-0.1, -0.05) is 17.7 Å². The van der Waals surface area contributed by atoms with E-state index in [0.29, 0.717) is 5.56 Å². The van der Waals surface area contributed by atoms with Crippen molar-refractivity contribution < 1.29 is 9.50 Å². The Morgan fingerprint density at radius 1 is 1.54 bits per heavy atom. The molecule has 0 radical (unpaired) electrons. The van der Waals surface area contributed by atoms with Gasteiger partial charge in [-0.15, -0.1) is 0 Å². The summed E-state index contributed by atoms with van der Waals surface area (Å²) >= 11 is 5.54. The smallest absolute Gasteiger partial charge is 0.141 e. The topological polar surface area (TPSA) is 46.2 Å². The second kappa shape index (κ2) is 4.05. The number of halogens is 2. The molecule has 2 atom stereocenters. The molecular formula is C9H11ClFNO. The first kappa shape index (κ1) is 10.4. The molecule has 0 amide bonds. The van der Waals surface area contributed by atoms with Gasteiger partial charge in [0.2, 0.25) is 0 Å². The first-order chi connectivity index (χ1) is 6.02. The number of benzene rings is 1. The Hall–Kier alpha value is -0.640. The molecule has 0 heterocycles. The van der Waals surface area contributed by atoms with E-state index in [-0.39, 0.29) is 5.02 Å². The summed E-state index contributed by atoms with van der Waals surface area (Å²) in [6.45, 7) is 1.67. The molecule has 0 fully saturated rings. The minimum atomic E-state index is -0.807. The second-order valence-corrected chi connectivity index (χ2v) is 3.38. The lowest BCUT2D eigenvalue weighted by Crippen LogP contribution is -2.24. The highest BCUT2D eigenvalue weighted by Gasteiger charge is 2.13. The number of hydrogen-bond acceptors (Lipinski definition) is 2. The highest BCUT2D eigenvalue weighted by atomic mass is 35.5. The SMILES string of the molecule is CC(N)C(O)c1ccc(F)c(Cl)c1. The zero-order valence-corrected chi connectivity index (χ0v) is 7.92. The summed E-state index contributed by atoms with van der Waals surface area (Å²) in [5.74, 6) is -0.498. The molecule has 3 N–H and O–H groups in total. The fourth-order valence-corrected chi connectivity index (χ4v) is 1.19. The van der Waals surface area contributed by atoms with E-state index >= 15 is 0 Å². The van der Waals surface area contributed by atoms with Crippen molar-refractivity contribution in [2.45, 2.75) is 19.1 Å². The van der Waals surface area contributed by atoms with Gasteiger partial charge in [-0.25, -0.2) is 4.39 Å². The monoisotopic (exact) mass is 203 g/mol. The number of aliphatic hydroxyl groups is 1. The number of rotatable bonds is 2. The van der Waals surface area contributed by atoms with Gasteiger partial charge in [0, 0.05) is 6.04 Å². The lowest BCUT2D eigenvalue weighted by molar-refractivity contribution is 0.153. The molecule has 0 bridgehead atoms. The zero-order chi connectivity index (χ0) is 10.0. The van der Waals surface area contributed by atoms with Crippen molar-refractivity contribution in [1.82, 2.24) is 0 Å². The fraction of sp³-hybridized carbons (Fsp3) is 0.333. The van der Waals surface area contributed by atoms with Crippen molar-refractivity contribution in [3.8, 4) is 0 Å². The summed E-state index contributed by atoms with van der Waals surface area (Å²) < 4.78 is 12.7. The standard InChI is InChI=1S/C9H11ClFNO/c1-5(12)9(13)6-2-3-8(11)7(10)4-6/h2-5,9,13H,12H2,1H3. The van der Waals surface area contributed by atoms with Gasteiger partial charge in [0.05, 0.1) is 11.1 Å². The maximum Gasteiger partial charge on any atom is 0.141 e. The summed E-state index contributed by atoms with van der Waals surface area (Å²) in [6, 6.07) is 3.66. The summed E-state index contributed by atoms with van der Waals surface area (Å²) in [4.78, 5) is 0. The molecule has 0 aliphatic heterocycles. The van der Waals surface area contributed by atoms with Crippen LogP contribution in [0.4, 0.5) is 4.39 Å². The molecule has 2 unspecified atom stereocenters. The Labute approximate surface area is 81.1 Å². The van der Waals surface area contributed by atoms with Crippen molar-refractivity contribution in [2.24, 2.45) is 5.73 Å². The molecule has 1 aromatic carbocycles. The van der Waals surface area contributed by atoms with E-state index in [0.717, 1.165) is 0 Å². The van der Waals surface area contributed by atoms with Crippen LogP contribution in [0.3, 0.4) is 0 Å². The van der Waals surface area contributed by atoms with Crippen molar-refractivity contribution in [2.75, 3.05) is 0 Å². The average Bonchev–Trinajstić information content (AvgIpc) is 2.08. The van der Waals surface area contributed by atoms with E-state index in [1.807, 2.05) is 0 Å². The predicted molar refractivity (Wildman–Crippen MR) is 50.0 cm³/mol. The zero-order valence-electron chi connectivity index (χ0n) is 7.17. The van der Waals surface area contributed by atoms with Crippen LogP contribution in [0.15, 0.2) is 18.2 Å². The Bertz CT molecular complexity index is 304. The quantitative estimate of drug-likeness (QED) is 0.771. The normalized spacial score (nSPS) is 15.5. The molecule has 0 saturated heterocycles. The van der Waals surface area contributed by atoms with Crippen molar-refractivity contribution >= 4 is 11.6 Å². The molecular weight excluding hydrogens is 193 g/mol. The predicted octanol–water partition coefficient (Wildman–Crippen LogP) is 1.86. The van der Waals surface area contributed by atoms with Gasteiger partial charge in [0.1, 0.15) is 5.82 Å². The van der Waals surface area contributed by atoms with E-state index in [2.05, 4.69) is 0 Å². The molecule has 0 aromatic heterocycles. The van der Waals surface area contributed by atoms with Gasteiger partial charge in [-0.2, -0.15) is 0 Å². The van der Waals surface area contributed by atoms with Crippen molar-refractivity contribution in [3.05, 3.63) is 34.6 Å². The number of nitrogens with two attached hydrogens (primary N) is 1. The van der Waals surface area contributed by atoms with E-state index in [4.69, 9.17) is 17.3 Å². The molecule has 0 aliphatic carbocycles. The maximum absolute atomic E-state index is 12.7. The second-order valence-electron chi connectivity index (χ2n) is 2.98. The summed E-state index contributed by atoms with van der Waals surface area (Å²) in [5.41, 5.74) is 6.00. The fourth-order valence-electron chi connectivity index (χ4n) is 1.000. The molecule has 1 aromatic rings. The minimum Gasteiger partial charge on any atom is -0.387 e. The third-order valence-electron chi connectivity index (χ3n) is 1.78. The van der Waals surface area contributed by atoms with Gasteiger partial charge < -0.3 is 10.8 Å². The van der Waals surface area contributed by atoms with E-state index < -0.39 is 18.0 Å². The van der Waals surface area contributed by atoms with Crippen LogP contribution in [0, 0.1) is 5.82 Å². The van der Waals surface area contributed by atoms with E-state index in [1.54, 1.807) is 6.92 Å². The summed E-state index contributed by atoms with van der Waals surface area (Å²) in [5, 5.41) is 9.50. The minimum absolute atomic E-state index is 0.00259. The van der Waals surface area contributed by atoms with Crippen LogP contribution in [-0.2, 0) is 0 Å². The van der Waals surface area contributed by atoms with Gasteiger partial charge in [0.25, 0.3) is 0 Å². The molecule has 2 nitrogen and oxygen atoms in total. The third kappa shape index (κ3) is 2.40. The van der Waals surface area contributed by atoms with Crippen LogP contribution in [0.5, 0.6) is 0 Å². The maximum atomic E-state index is 12.7. The van der Waals surface area contributed by atoms with Crippen LogP contribution in [0.1, 0.15) is 18.6 Å². The van der Waals surface area contributed by atoms with E-state index in [9.17, 15) is 9.50 Å². The van der Waals surface area contributed by atoms with E-state index in [1.165, 1.54) is 18.2 Å². The van der Waals surface area contributed by atoms with Crippen molar-refractivity contribution in [1.29, 1.82) is 0 Å². The van der Waals surface area contributed by atoms with Crippen LogP contribution in [0.25, 0.3) is 0 Å². The molecule has 0 aliphatic rings. The highest BCUT2D eigenvalue weighted by molar-refractivity contribution is 6.30.